The number of nitrogens with zero attached hydrogens (tertiary/aromatic N) is 1. The summed E-state index contributed by atoms with van der Waals surface area (Å²) < 4.78 is 0. The van der Waals surface area contributed by atoms with Gasteiger partial charge in [0.05, 0.1) is 0 Å². The summed E-state index contributed by atoms with van der Waals surface area (Å²) in [4.78, 5) is 32.7. The molecule has 2 rings (SSSR count). The molecule has 156 valence electrons. The number of aliphatic carboxylic acids is 2. The molecule has 3 N–H and O–H groups in total. The van der Waals surface area contributed by atoms with Crippen LogP contribution in [-0.2, 0) is 20.9 Å². The lowest BCUT2D eigenvalue weighted by atomic mass is 9.95. The fraction of sp³-hybridized carbons (Fsp3) is 0.550. The summed E-state index contributed by atoms with van der Waals surface area (Å²) in [5.74, 6) is -2.60. The molecule has 8 heteroatoms. The molecule has 1 aliphatic heterocycles. The molecule has 1 aromatic carbocycles. The lowest BCUT2D eigenvalue weighted by molar-refractivity contribution is -0.159. The minimum absolute atomic E-state index is 0.176. The zero-order valence-corrected chi connectivity index (χ0v) is 17.1. The molecule has 0 unspecified atom stereocenters. The number of hydrogen-bond acceptors (Lipinski definition) is 4. The monoisotopic (exact) mass is 412 g/mol. The molecule has 0 spiro atoms. The van der Waals surface area contributed by atoms with Crippen LogP contribution in [0.5, 0.6) is 0 Å². The van der Waals surface area contributed by atoms with E-state index in [4.69, 9.17) is 31.4 Å². The van der Waals surface area contributed by atoms with E-state index in [2.05, 4.69) is 30.1 Å². The van der Waals surface area contributed by atoms with Crippen LogP contribution in [0.4, 0.5) is 0 Å². The third-order valence-corrected chi connectivity index (χ3v) is 4.88. The first kappa shape index (κ1) is 23.9. The van der Waals surface area contributed by atoms with Crippen LogP contribution in [0.25, 0.3) is 0 Å². The Kier molecular flexibility index (Phi) is 10.6. The molecule has 1 amide bonds. The van der Waals surface area contributed by atoms with Gasteiger partial charge in [0.1, 0.15) is 0 Å². The van der Waals surface area contributed by atoms with E-state index >= 15 is 0 Å². The van der Waals surface area contributed by atoms with Gasteiger partial charge in [-0.25, -0.2) is 9.59 Å². The lowest BCUT2D eigenvalue weighted by Crippen LogP contribution is -2.40. The smallest absolute Gasteiger partial charge is 0.414 e. The lowest BCUT2D eigenvalue weighted by Gasteiger charge is -2.31. The van der Waals surface area contributed by atoms with Crippen molar-refractivity contribution in [3.8, 4) is 0 Å². The van der Waals surface area contributed by atoms with Gasteiger partial charge in [-0.2, -0.15) is 0 Å². The highest BCUT2D eigenvalue weighted by Gasteiger charge is 2.24. The second-order valence-corrected chi connectivity index (χ2v) is 7.63. The van der Waals surface area contributed by atoms with Gasteiger partial charge in [0.15, 0.2) is 0 Å². The van der Waals surface area contributed by atoms with Crippen LogP contribution in [0, 0.1) is 11.8 Å². The number of carbonyl (C=O) groups is 3. The highest BCUT2D eigenvalue weighted by Crippen LogP contribution is 2.22. The third kappa shape index (κ3) is 9.19. The van der Waals surface area contributed by atoms with Gasteiger partial charge in [-0.05, 0) is 49.9 Å². The van der Waals surface area contributed by atoms with Crippen LogP contribution in [0.2, 0.25) is 5.02 Å². The Bertz CT molecular complexity index is 646. The van der Waals surface area contributed by atoms with Crippen molar-refractivity contribution in [2.45, 2.75) is 39.7 Å². The second kappa shape index (κ2) is 12.4. The van der Waals surface area contributed by atoms with E-state index in [0.717, 1.165) is 50.5 Å². The zero-order chi connectivity index (χ0) is 21.1. The summed E-state index contributed by atoms with van der Waals surface area (Å²) in [5, 5.41) is 18.7. The molecule has 1 aromatic rings. The fourth-order valence-corrected chi connectivity index (χ4v) is 3.04. The van der Waals surface area contributed by atoms with E-state index in [-0.39, 0.29) is 11.8 Å². The van der Waals surface area contributed by atoms with E-state index in [9.17, 15) is 4.79 Å². The molecular formula is C20H29ClN2O5. The Morgan fingerprint density at radius 1 is 1.14 bits per heavy atom. The minimum Gasteiger partial charge on any atom is -0.473 e. The predicted molar refractivity (Wildman–Crippen MR) is 107 cm³/mol. The van der Waals surface area contributed by atoms with Crippen molar-refractivity contribution in [2.24, 2.45) is 11.8 Å². The maximum atomic E-state index is 12.1. The summed E-state index contributed by atoms with van der Waals surface area (Å²) in [5.41, 5.74) is 1.17. The average Bonchev–Trinajstić information content (AvgIpc) is 2.64. The molecule has 0 aliphatic carbocycles. The fourth-order valence-electron chi connectivity index (χ4n) is 2.85. The number of piperidine rings is 1. The summed E-state index contributed by atoms with van der Waals surface area (Å²) in [6.45, 7) is 7.97. The number of benzene rings is 1. The first-order chi connectivity index (χ1) is 13.2. The quantitative estimate of drug-likeness (QED) is 0.620. The Morgan fingerprint density at radius 3 is 2.21 bits per heavy atom. The Hall–Kier alpha value is -2.12. The standard InChI is InChI=1S/C18H27ClN2O.C2H2O4/c1-14(2)7-10-20-18(22)15-8-11-21(12-9-15)13-16-5-3-4-6-17(16)19;3-1(4)2(5)6/h3-6,14-15H,7-13H2,1-2H3,(H,20,22);(H,3,4)(H,5,6). The number of carboxylic acids is 2. The van der Waals surface area contributed by atoms with Crippen LogP contribution in [0.15, 0.2) is 24.3 Å². The highest BCUT2D eigenvalue weighted by atomic mass is 35.5. The van der Waals surface area contributed by atoms with Gasteiger partial charge in [0.2, 0.25) is 5.91 Å². The topological polar surface area (TPSA) is 107 Å². The van der Waals surface area contributed by atoms with Gasteiger partial charge >= 0.3 is 11.9 Å². The molecule has 0 aromatic heterocycles. The minimum atomic E-state index is -1.82. The largest absolute Gasteiger partial charge is 0.473 e. The Morgan fingerprint density at radius 2 is 1.71 bits per heavy atom. The molecular weight excluding hydrogens is 384 g/mol. The normalized spacial score (nSPS) is 14.9. The van der Waals surface area contributed by atoms with Crippen molar-refractivity contribution < 1.29 is 24.6 Å². The number of nitrogens with one attached hydrogen (secondary N) is 1. The molecule has 0 radical (unpaired) electrons. The van der Waals surface area contributed by atoms with Crippen LogP contribution in [-0.4, -0.2) is 52.6 Å². The van der Waals surface area contributed by atoms with Gasteiger partial charge in [-0.3, -0.25) is 9.69 Å². The van der Waals surface area contributed by atoms with Crippen molar-refractivity contribution >= 4 is 29.4 Å². The van der Waals surface area contributed by atoms with Crippen molar-refractivity contribution in [3.05, 3.63) is 34.9 Å². The van der Waals surface area contributed by atoms with Crippen LogP contribution >= 0.6 is 11.6 Å². The van der Waals surface area contributed by atoms with Crippen LogP contribution in [0.3, 0.4) is 0 Å². The molecule has 28 heavy (non-hydrogen) atoms. The Balaban J connectivity index is 0.000000568. The van der Waals surface area contributed by atoms with Gasteiger partial charge in [-0.1, -0.05) is 43.6 Å². The number of hydrogen-bond donors (Lipinski definition) is 3. The number of carbonyl (C=O) groups excluding carboxylic acids is 1. The molecule has 0 bridgehead atoms. The second-order valence-electron chi connectivity index (χ2n) is 7.23. The van der Waals surface area contributed by atoms with Crippen molar-refractivity contribution in [2.75, 3.05) is 19.6 Å². The number of rotatable bonds is 6. The van der Waals surface area contributed by atoms with Gasteiger partial charge in [0, 0.05) is 24.0 Å². The van der Waals surface area contributed by atoms with E-state index in [1.807, 2.05) is 18.2 Å². The SMILES string of the molecule is CC(C)CCNC(=O)C1CCN(Cc2ccccc2Cl)CC1.O=C(O)C(=O)O. The third-order valence-electron chi connectivity index (χ3n) is 4.51. The zero-order valence-electron chi connectivity index (χ0n) is 16.4. The van der Waals surface area contributed by atoms with Crippen LogP contribution in [0.1, 0.15) is 38.7 Å². The summed E-state index contributed by atoms with van der Waals surface area (Å²) >= 11 is 6.21. The molecule has 1 fully saturated rings. The molecule has 1 saturated heterocycles. The maximum Gasteiger partial charge on any atom is 0.414 e. The Labute approximate surface area is 170 Å². The molecule has 1 aliphatic rings. The van der Waals surface area contributed by atoms with Gasteiger partial charge in [0.25, 0.3) is 0 Å². The molecule has 0 saturated carbocycles. The summed E-state index contributed by atoms with van der Waals surface area (Å²) in [6, 6.07) is 7.99. The van der Waals surface area contributed by atoms with Gasteiger partial charge < -0.3 is 15.5 Å². The predicted octanol–water partition coefficient (Wildman–Crippen LogP) is 2.87. The van der Waals surface area contributed by atoms with Crippen molar-refractivity contribution in [3.63, 3.8) is 0 Å². The maximum absolute atomic E-state index is 12.1. The first-order valence-electron chi connectivity index (χ1n) is 9.40. The molecule has 0 atom stereocenters. The number of amides is 1. The van der Waals surface area contributed by atoms with E-state index < -0.39 is 11.9 Å². The van der Waals surface area contributed by atoms with E-state index in [1.54, 1.807) is 0 Å². The van der Waals surface area contributed by atoms with Gasteiger partial charge in [-0.15, -0.1) is 0 Å². The van der Waals surface area contributed by atoms with Crippen LogP contribution < -0.4 is 5.32 Å². The van der Waals surface area contributed by atoms with Crippen molar-refractivity contribution in [1.29, 1.82) is 0 Å². The molecule has 7 nitrogen and oxygen atoms in total. The number of likely N-dealkylation sites (tertiary alicyclic amines) is 1. The summed E-state index contributed by atoms with van der Waals surface area (Å²) in [7, 11) is 0. The summed E-state index contributed by atoms with van der Waals surface area (Å²) in [6.07, 6.45) is 2.94. The van der Waals surface area contributed by atoms with E-state index in [1.165, 1.54) is 5.56 Å². The van der Waals surface area contributed by atoms with E-state index in [0.29, 0.717) is 5.92 Å². The number of halogens is 1. The average molecular weight is 413 g/mol. The first-order valence-corrected chi connectivity index (χ1v) is 9.78. The molecule has 1 heterocycles. The van der Waals surface area contributed by atoms with Crippen molar-refractivity contribution in [1.82, 2.24) is 10.2 Å². The highest BCUT2D eigenvalue weighted by molar-refractivity contribution is 6.31. The number of carboxylic acid groups (broad SMARTS) is 2.